The highest BCUT2D eigenvalue weighted by Gasteiger charge is 2.27. The van der Waals surface area contributed by atoms with Gasteiger partial charge >= 0.3 is 0 Å². The highest BCUT2D eigenvalue weighted by atomic mass is 32.2. The average molecular weight is 499 g/mol. The number of pyridine rings is 1. The standard InChI is InChI=1S/C23H22N4O5S2/c1-34(31,32)16-10-8-14(9-11-16)21(29)26-27-22(30)19-17-6-2-3-7-18(17)33-23(19)25-20(28)15-5-4-12-24-13-15/h4-5,8-13H,2-3,6-7H2,1H3,(H,25,28)(H,26,29)(H,27,30). The van der Waals surface area contributed by atoms with Crippen LogP contribution in [0.1, 0.15) is 54.4 Å². The summed E-state index contributed by atoms with van der Waals surface area (Å²) in [6, 6.07) is 8.67. The van der Waals surface area contributed by atoms with Crippen LogP contribution in [0.2, 0.25) is 0 Å². The number of anilines is 1. The van der Waals surface area contributed by atoms with Gasteiger partial charge in [0.15, 0.2) is 9.84 Å². The van der Waals surface area contributed by atoms with E-state index < -0.39 is 21.7 Å². The normalized spacial score (nSPS) is 13.0. The molecule has 11 heteroatoms. The number of aryl methyl sites for hydroxylation is 1. The lowest BCUT2D eigenvalue weighted by molar-refractivity contribution is 0.0846. The van der Waals surface area contributed by atoms with Crippen LogP contribution in [-0.2, 0) is 22.7 Å². The molecule has 3 N–H and O–H groups in total. The van der Waals surface area contributed by atoms with Gasteiger partial charge in [0.2, 0.25) is 0 Å². The van der Waals surface area contributed by atoms with Crippen LogP contribution in [0, 0.1) is 0 Å². The summed E-state index contributed by atoms with van der Waals surface area (Å²) < 4.78 is 23.2. The van der Waals surface area contributed by atoms with Crippen molar-refractivity contribution in [2.45, 2.75) is 30.6 Å². The highest BCUT2D eigenvalue weighted by Crippen LogP contribution is 2.38. The molecule has 0 atom stereocenters. The van der Waals surface area contributed by atoms with Crippen LogP contribution in [0.5, 0.6) is 0 Å². The van der Waals surface area contributed by atoms with Gasteiger partial charge in [-0.15, -0.1) is 11.3 Å². The molecule has 0 saturated heterocycles. The van der Waals surface area contributed by atoms with Gasteiger partial charge in [-0.05, 0) is 67.6 Å². The number of hydrogen-bond donors (Lipinski definition) is 3. The van der Waals surface area contributed by atoms with Crippen molar-refractivity contribution in [1.82, 2.24) is 15.8 Å². The minimum atomic E-state index is -3.38. The van der Waals surface area contributed by atoms with Crippen molar-refractivity contribution in [3.05, 3.63) is 75.9 Å². The second-order valence-corrected chi connectivity index (χ2v) is 10.9. The summed E-state index contributed by atoms with van der Waals surface area (Å²) in [4.78, 5) is 43.3. The monoisotopic (exact) mass is 498 g/mol. The van der Waals surface area contributed by atoms with Crippen LogP contribution in [0.25, 0.3) is 0 Å². The van der Waals surface area contributed by atoms with Crippen LogP contribution >= 0.6 is 11.3 Å². The Bertz CT molecular complexity index is 1350. The Kier molecular flexibility index (Phi) is 6.75. The van der Waals surface area contributed by atoms with E-state index in [0.717, 1.165) is 36.0 Å². The number of amides is 3. The zero-order chi connectivity index (χ0) is 24.3. The molecule has 2 heterocycles. The summed E-state index contributed by atoms with van der Waals surface area (Å²) in [5, 5.41) is 3.24. The molecule has 2 aromatic heterocycles. The Morgan fingerprint density at radius 2 is 1.62 bits per heavy atom. The maximum absolute atomic E-state index is 13.1. The number of nitrogens with one attached hydrogen (secondary N) is 3. The molecule has 3 aromatic rings. The number of aromatic nitrogens is 1. The van der Waals surface area contributed by atoms with Gasteiger partial charge in [-0.2, -0.15) is 0 Å². The molecule has 1 aliphatic rings. The molecule has 0 fully saturated rings. The Labute approximate surface area is 200 Å². The van der Waals surface area contributed by atoms with Crippen LogP contribution in [-0.4, -0.2) is 37.4 Å². The van der Waals surface area contributed by atoms with Crippen molar-refractivity contribution >= 4 is 43.9 Å². The van der Waals surface area contributed by atoms with E-state index in [9.17, 15) is 22.8 Å². The lowest BCUT2D eigenvalue weighted by atomic mass is 9.95. The van der Waals surface area contributed by atoms with Crippen LogP contribution in [0.4, 0.5) is 5.00 Å². The molecule has 3 amide bonds. The first kappa shape index (κ1) is 23.6. The van der Waals surface area contributed by atoms with Crippen LogP contribution < -0.4 is 16.2 Å². The van der Waals surface area contributed by atoms with Gasteiger partial charge in [0, 0.05) is 29.1 Å². The SMILES string of the molecule is CS(=O)(=O)c1ccc(C(=O)NNC(=O)c2c(NC(=O)c3cccnc3)sc3c2CCCC3)cc1. The molecule has 0 spiro atoms. The van der Waals surface area contributed by atoms with Gasteiger partial charge < -0.3 is 5.32 Å². The molecule has 1 aliphatic carbocycles. The number of benzene rings is 1. The van der Waals surface area contributed by atoms with Gasteiger partial charge in [-0.1, -0.05) is 0 Å². The molecule has 4 rings (SSSR count). The first-order valence-electron chi connectivity index (χ1n) is 10.5. The molecular weight excluding hydrogens is 476 g/mol. The minimum Gasteiger partial charge on any atom is -0.313 e. The van der Waals surface area contributed by atoms with Gasteiger partial charge in [-0.25, -0.2) is 8.42 Å². The van der Waals surface area contributed by atoms with Crippen LogP contribution in [0.3, 0.4) is 0 Å². The minimum absolute atomic E-state index is 0.0898. The van der Waals surface area contributed by atoms with E-state index in [4.69, 9.17) is 0 Å². The fraction of sp³-hybridized carbons (Fsp3) is 0.217. The number of sulfone groups is 1. The van der Waals surface area contributed by atoms with E-state index in [-0.39, 0.29) is 16.4 Å². The molecule has 0 radical (unpaired) electrons. The quantitative estimate of drug-likeness (QED) is 0.463. The summed E-state index contributed by atoms with van der Waals surface area (Å²) in [5.41, 5.74) is 6.54. The Morgan fingerprint density at radius 3 is 2.29 bits per heavy atom. The van der Waals surface area contributed by atoms with Crippen molar-refractivity contribution in [3.8, 4) is 0 Å². The third kappa shape index (κ3) is 5.15. The fourth-order valence-corrected chi connectivity index (χ4v) is 5.58. The molecular formula is C23H22N4O5S2. The Hall–Kier alpha value is -3.57. The number of carbonyl (C=O) groups is 3. The largest absolute Gasteiger partial charge is 0.313 e. The molecule has 0 unspecified atom stereocenters. The van der Waals surface area contributed by atoms with Crippen molar-refractivity contribution in [2.75, 3.05) is 11.6 Å². The molecule has 1 aromatic carbocycles. The highest BCUT2D eigenvalue weighted by molar-refractivity contribution is 7.90. The molecule has 9 nitrogen and oxygen atoms in total. The van der Waals surface area contributed by atoms with E-state index in [1.54, 1.807) is 18.3 Å². The predicted molar refractivity (Wildman–Crippen MR) is 128 cm³/mol. The van der Waals surface area contributed by atoms with E-state index in [1.807, 2.05) is 0 Å². The topological polar surface area (TPSA) is 134 Å². The van der Waals surface area contributed by atoms with Crippen molar-refractivity contribution in [1.29, 1.82) is 0 Å². The van der Waals surface area contributed by atoms with Gasteiger partial charge in [0.25, 0.3) is 17.7 Å². The van der Waals surface area contributed by atoms with Crippen molar-refractivity contribution in [3.63, 3.8) is 0 Å². The van der Waals surface area contributed by atoms with Gasteiger partial charge in [0.05, 0.1) is 16.0 Å². The number of hydrogen-bond acceptors (Lipinski definition) is 7. The number of carbonyl (C=O) groups excluding carboxylic acids is 3. The number of fused-ring (bicyclic) bond motifs is 1. The van der Waals surface area contributed by atoms with E-state index in [1.165, 1.54) is 41.8 Å². The predicted octanol–water partition coefficient (Wildman–Crippen LogP) is 2.75. The molecule has 34 heavy (non-hydrogen) atoms. The third-order valence-electron chi connectivity index (χ3n) is 5.38. The number of rotatable bonds is 5. The summed E-state index contributed by atoms with van der Waals surface area (Å²) in [7, 11) is -3.38. The Morgan fingerprint density at radius 1 is 0.912 bits per heavy atom. The summed E-state index contributed by atoms with van der Waals surface area (Å²) in [6.45, 7) is 0. The molecule has 0 bridgehead atoms. The Balaban J connectivity index is 1.51. The van der Waals surface area contributed by atoms with Crippen molar-refractivity contribution < 1.29 is 22.8 Å². The zero-order valence-electron chi connectivity index (χ0n) is 18.3. The number of hydrazine groups is 1. The van der Waals surface area contributed by atoms with E-state index >= 15 is 0 Å². The first-order chi connectivity index (χ1) is 16.2. The lowest BCUT2D eigenvalue weighted by Gasteiger charge is -2.14. The molecule has 176 valence electrons. The maximum atomic E-state index is 13.1. The summed E-state index contributed by atoms with van der Waals surface area (Å²) in [5.74, 6) is -1.52. The fourth-order valence-electron chi connectivity index (χ4n) is 3.67. The first-order valence-corrected chi connectivity index (χ1v) is 13.2. The van der Waals surface area contributed by atoms with Gasteiger partial charge in [0.1, 0.15) is 5.00 Å². The summed E-state index contributed by atoms with van der Waals surface area (Å²) in [6.07, 6.45) is 7.55. The third-order valence-corrected chi connectivity index (χ3v) is 7.72. The molecule has 0 aliphatic heterocycles. The number of nitrogens with zero attached hydrogens (tertiary/aromatic N) is 1. The second kappa shape index (κ2) is 9.74. The van der Waals surface area contributed by atoms with Crippen LogP contribution in [0.15, 0.2) is 53.7 Å². The molecule has 0 saturated carbocycles. The summed E-state index contributed by atoms with van der Waals surface area (Å²) >= 11 is 1.37. The smallest absolute Gasteiger partial charge is 0.272 e. The zero-order valence-corrected chi connectivity index (χ0v) is 19.9. The number of thiophene rings is 1. The average Bonchev–Trinajstić information content (AvgIpc) is 3.20. The second-order valence-electron chi connectivity index (χ2n) is 7.82. The van der Waals surface area contributed by atoms with Crippen molar-refractivity contribution in [2.24, 2.45) is 0 Å². The van der Waals surface area contributed by atoms with Gasteiger partial charge in [-0.3, -0.25) is 30.2 Å². The van der Waals surface area contributed by atoms with E-state index in [0.29, 0.717) is 22.5 Å². The van der Waals surface area contributed by atoms with E-state index in [2.05, 4.69) is 21.2 Å². The lowest BCUT2D eigenvalue weighted by Crippen LogP contribution is -2.42. The maximum Gasteiger partial charge on any atom is 0.272 e.